The molecule has 1 aliphatic rings. The highest BCUT2D eigenvalue weighted by Gasteiger charge is 2.25. The third-order valence-electron chi connectivity index (χ3n) is 5.15. The van der Waals surface area contributed by atoms with Gasteiger partial charge in [0.1, 0.15) is 0 Å². The molecular formula is C23H21ClN2O3S. The maximum atomic E-state index is 12.9. The number of amides is 1. The van der Waals surface area contributed by atoms with E-state index in [-0.39, 0.29) is 10.8 Å². The molecule has 0 spiro atoms. The van der Waals surface area contributed by atoms with Gasteiger partial charge in [0.15, 0.2) is 0 Å². The largest absolute Gasteiger partial charge is 0.308 e. The van der Waals surface area contributed by atoms with Crippen LogP contribution in [0.15, 0.2) is 71.6 Å². The van der Waals surface area contributed by atoms with Gasteiger partial charge in [0, 0.05) is 22.8 Å². The molecule has 1 aliphatic heterocycles. The molecule has 3 aromatic carbocycles. The number of nitrogens with one attached hydrogen (secondary N) is 1. The summed E-state index contributed by atoms with van der Waals surface area (Å²) in [7, 11) is -3.78. The van der Waals surface area contributed by atoms with Gasteiger partial charge in [-0.25, -0.2) is 8.42 Å². The summed E-state index contributed by atoms with van der Waals surface area (Å²) in [5.41, 5.74) is 3.87. The molecule has 0 unspecified atom stereocenters. The summed E-state index contributed by atoms with van der Waals surface area (Å²) in [6.45, 7) is 2.21. The number of nitrogens with zero attached hydrogens (tertiary/aromatic N) is 1. The molecular weight excluding hydrogens is 420 g/mol. The van der Waals surface area contributed by atoms with Crippen molar-refractivity contribution in [2.24, 2.45) is 0 Å². The molecule has 0 fully saturated rings. The number of aryl methyl sites for hydroxylation is 2. The summed E-state index contributed by atoms with van der Waals surface area (Å²) in [6, 6.07) is 19.9. The van der Waals surface area contributed by atoms with Crippen LogP contribution >= 0.6 is 11.6 Å². The summed E-state index contributed by atoms with van der Waals surface area (Å²) in [6.07, 6.45) is 0.967. The zero-order chi connectivity index (χ0) is 21.3. The Morgan fingerprint density at radius 3 is 2.53 bits per heavy atom. The third-order valence-corrected chi connectivity index (χ3v) is 6.91. The Morgan fingerprint density at radius 2 is 1.77 bits per heavy atom. The van der Waals surface area contributed by atoms with Crippen LogP contribution in [0.3, 0.4) is 0 Å². The second kappa shape index (κ2) is 8.13. The summed E-state index contributed by atoms with van der Waals surface area (Å²) in [5.74, 6) is 0.0641. The lowest BCUT2D eigenvalue weighted by Gasteiger charge is -2.30. The minimum absolute atomic E-state index is 0.0641. The number of fused-ring (bicyclic) bond motifs is 1. The number of hydrogen-bond acceptors (Lipinski definition) is 3. The van der Waals surface area contributed by atoms with E-state index in [0.717, 1.165) is 16.8 Å². The first kappa shape index (κ1) is 20.4. The lowest BCUT2D eigenvalue weighted by atomic mass is 10.00. The number of sulfonamides is 1. The van der Waals surface area contributed by atoms with Crippen LogP contribution < -0.4 is 9.62 Å². The minimum Gasteiger partial charge on any atom is -0.308 e. The van der Waals surface area contributed by atoms with E-state index in [4.69, 9.17) is 11.6 Å². The van der Waals surface area contributed by atoms with Gasteiger partial charge < -0.3 is 4.90 Å². The summed E-state index contributed by atoms with van der Waals surface area (Å²) >= 11 is 5.99. The molecule has 3 aromatic rings. The zero-order valence-corrected chi connectivity index (χ0v) is 18.0. The Labute approximate surface area is 181 Å². The van der Waals surface area contributed by atoms with Crippen LogP contribution in [0.4, 0.5) is 11.4 Å². The normalized spacial score (nSPS) is 13.8. The highest BCUT2D eigenvalue weighted by Crippen LogP contribution is 2.32. The Morgan fingerprint density at radius 1 is 1.00 bits per heavy atom. The van der Waals surface area contributed by atoms with Gasteiger partial charge in [-0.15, -0.1) is 0 Å². The predicted molar refractivity (Wildman–Crippen MR) is 119 cm³/mol. The fraction of sp³-hybridized carbons (Fsp3) is 0.174. The molecule has 0 saturated carbocycles. The van der Waals surface area contributed by atoms with Crippen molar-refractivity contribution in [1.82, 2.24) is 0 Å². The van der Waals surface area contributed by atoms with Gasteiger partial charge in [-0.3, -0.25) is 9.52 Å². The van der Waals surface area contributed by atoms with Crippen LogP contribution in [0.5, 0.6) is 0 Å². The molecule has 0 aromatic heterocycles. The average molecular weight is 441 g/mol. The standard InChI is InChI=1S/C23H21ClN2O3S/c1-16-7-9-19(24)14-22(16)30(28,29)25-20-10-11-21-18(13-20)8-12-23(27)26(21)15-17-5-3-2-4-6-17/h2-7,9-11,13-14,25H,8,12,15H2,1H3. The van der Waals surface area contributed by atoms with Crippen LogP contribution in [-0.4, -0.2) is 14.3 Å². The number of rotatable bonds is 5. The summed E-state index contributed by atoms with van der Waals surface area (Å²) < 4.78 is 28.4. The number of anilines is 2. The maximum absolute atomic E-state index is 12.9. The van der Waals surface area contributed by atoms with Crippen molar-refractivity contribution in [3.05, 3.63) is 88.4 Å². The van der Waals surface area contributed by atoms with E-state index >= 15 is 0 Å². The molecule has 5 nitrogen and oxygen atoms in total. The van der Waals surface area contributed by atoms with Crippen molar-refractivity contribution in [2.45, 2.75) is 31.2 Å². The predicted octanol–water partition coefficient (Wildman–Crippen LogP) is 4.93. The Bertz CT molecular complexity index is 1210. The maximum Gasteiger partial charge on any atom is 0.262 e. The zero-order valence-electron chi connectivity index (χ0n) is 16.4. The van der Waals surface area contributed by atoms with Gasteiger partial charge in [-0.2, -0.15) is 0 Å². The van der Waals surface area contributed by atoms with Gasteiger partial charge >= 0.3 is 0 Å². The van der Waals surface area contributed by atoms with Crippen LogP contribution in [0.2, 0.25) is 5.02 Å². The first-order valence-electron chi connectivity index (χ1n) is 9.60. The van der Waals surface area contributed by atoms with Crippen LogP contribution in [0, 0.1) is 6.92 Å². The van der Waals surface area contributed by atoms with Gasteiger partial charge in [0.05, 0.1) is 11.4 Å². The van der Waals surface area contributed by atoms with E-state index in [2.05, 4.69) is 4.72 Å². The Balaban J connectivity index is 1.62. The number of halogens is 1. The lowest BCUT2D eigenvalue weighted by Crippen LogP contribution is -2.34. The summed E-state index contributed by atoms with van der Waals surface area (Å²) in [5, 5.41) is 0.362. The molecule has 0 aliphatic carbocycles. The quantitative estimate of drug-likeness (QED) is 0.611. The molecule has 0 bridgehead atoms. The molecule has 1 heterocycles. The van der Waals surface area contributed by atoms with Gasteiger partial charge in [-0.05, 0) is 60.4 Å². The molecule has 0 saturated heterocycles. The van der Waals surface area contributed by atoms with Crippen molar-refractivity contribution < 1.29 is 13.2 Å². The van der Waals surface area contributed by atoms with Gasteiger partial charge in [0.2, 0.25) is 5.91 Å². The summed E-state index contributed by atoms with van der Waals surface area (Å²) in [4.78, 5) is 14.4. The third kappa shape index (κ3) is 4.20. The first-order valence-corrected chi connectivity index (χ1v) is 11.5. The molecule has 30 heavy (non-hydrogen) atoms. The molecule has 1 N–H and O–H groups in total. The molecule has 4 rings (SSSR count). The smallest absolute Gasteiger partial charge is 0.262 e. The van der Waals surface area contributed by atoms with Crippen molar-refractivity contribution >= 4 is 38.9 Å². The first-order chi connectivity index (χ1) is 14.3. The van der Waals surface area contributed by atoms with Crippen molar-refractivity contribution in [1.29, 1.82) is 0 Å². The van der Waals surface area contributed by atoms with Gasteiger partial charge in [-0.1, -0.05) is 48.0 Å². The molecule has 1 amide bonds. The second-order valence-corrected chi connectivity index (χ2v) is 9.41. The Kier molecular flexibility index (Phi) is 5.54. The minimum atomic E-state index is -3.78. The number of hydrogen-bond donors (Lipinski definition) is 1. The van der Waals surface area contributed by atoms with E-state index in [0.29, 0.717) is 35.7 Å². The van der Waals surface area contributed by atoms with Crippen molar-refractivity contribution in [2.75, 3.05) is 9.62 Å². The van der Waals surface area contributed by atoms with Crippen LogP contribution in [0.1, 0.15) is 23.1 Å². The van der Waals surface area contributed by atoms with E-state index in [1.54, 1.807) is 42.2 Å². The van der Waals surface area contributed by atoms with E-state index in [1.165, 1.54) is 6.07 Å². The van der Waals surface area contributed by atoms with E-state index < -0.39 is 10.0 Å². The number of carbonyl (C=O) groups excluding carboxylic acids is 1. The lowest BCUT2D eigenvalue weighted by molar-refractivity contribution is -0.119. The molecule has 0 atom stereocenters. The molecule has 7 heteroatoms. The second-order valence-electron chi connectivity index (χ2n) is 7.32. The SMILES string of the molecule is Cc1ccc(Cl)cc1S(=O)(=O)Nc1ccc2c(c1)CCC(=O)N2Cc1ccccc1. The highest BCUT2D eigenvalue weighted by molar-refractivity contribution is 7.92. The number of benzene rings is 3. The highest BCUT2D eigenvalue weighted by atomic mass is 35.5. The average Bonchev–Trinajstić information content (AvgIpc) is 2.72. The number of carbonyl (C=O) groups is 1. The van der Waals surface area contributed by atoms with Crippen LogP contribution in [0.25, 0.3) is 0 Å². The van der Waals surface area contributed by atoms with E-state index in [9.17, 15) is 13.2 Å². The van der Waals surface area contributed by atoms with Crippen molar-refractivity contribution in [3.63, 3.8) is 0 Å². The Hall–Kier alpha value is -2.83. The topological polar surface area (TPSA) is 66.5 Å². The fourth-order valence-electron chi connectivity index (χ4n) is 3.64. The molecule has 154 valence electrons. The monoisotopic (exact) mass is 440 g/mol. The van der Waals surface area contributed by atoms with Crippen LogP contribution in [-0.2, 0) is 27.8 Å². The van der Waals surface area contributed by atoms with Crippen molar-refractivity contribution in [3.8, 4) is 0 Å². The molecule has 0 radical (unpaired) electrons. The fourth-order valence-corrected chi connectivity index (χ4v) is 5.19. The van der Waals surface area contributed by atoms with E-state index in [1.807, 2.05) is 30.3 Å². The van der Waals surface area contributed by atoms with Gasteiger partial charge in [0.25, 0.3) is 10.0 Å².